The number of ether oxygens (including phenoxy) is 3. The Kier molecular flexibility index (Phi) is 5.25. The molecule has 0 N–H and O–H groups in total. The molecule has 0 unspecified atom stereocenters. The SMILES string of the molecule is Cc1ccc(CN2CC3(C[C@@H](OCC4CCOCC4)CCO3)C2)s1. The van der Waals surface area contributed by atoms with Crippen molar-refractivity contribution in [1.82, 2.24) is 4.90 Å². The summed E-state index contributed by atoms with van der Waals surface area (Å²) < 4.78 is 17.8. The molecule has 0 amide bonds. The molecule has 1 spiro atoms. The lowest BCUT2D eigenvalue weighted by Gasteiger charge is -2.53. The van der Waals surface area contributed by atoms with Crippen LogP contribution in [0.3, 0.4) is 0 Å². The van der Waals surface area contributed by atoms with Crippen molar-refractivity contribution < 1.29 is 14.2 Å². The third-order valence-corrected chi connectivity index (χ3v) is 6.54. The highest BCUT2D eigenvalue weighted by Gasteiger charge is 2.47. The minimum absolute atomic E-state index is 0.0604. The molecule has 1 aromatic heterocycles. The van der Waals surface area contributed by atoms with Gasteiger partial charge in [-0.15, -0.1) is 11.3 Å². The molecule has 1 aromatic rings. The maximum absolute atomic E-state index is 6.26. The molecular formula is C19H29NO3S. The zero-order valence-corrected chi connectivity index (χ0v) is 15.5. The molecule has 3 aliphatic heterocycles. The third-order valence-electron chi connectivity index (χ3n) is 5.56. The average molecular weight is 352 g/mol. The normalized spacial score (nSPS) is 28.1. The van der Waals surface area contributed by atoms with Crippen LogP contribution in [0.1, 0.15) is 35.4 Å². The molecule has 134 valence electrons. The van der Waals surface area contributed by atoms with Crippen molar-refractivity contribution in [3.8, 4) is 0 Å². The maximum Gasteiger partial charge on any atom is 0.0959 e. The summed E-state index contributed by atoms with van der Waals surface area (Å²) in [6, 6.07) is 4.47. The van der Waals surface area contributed by atoms with E-state index in [9.17, 15) is 0 Å². The molecule has 0 aromatic carbocycles. The molecule has 0 saturated carbocycles. The van der Waals surface area contributed by atoms with Gasteiger partial charge in [0.2, 0.25) is 0 Å². The second kappa shape index (κ2) is 7.42. The molecule has 3 fully saturated rings. The molecule has 3 saturated heterocycles. The van der Waals surface area contributed by atoms with Crippen molar-refractivity contribution in [3.05, 3.63) is 21.9 Å². The van der Waals surface area contributed by atoms with E-state index in [1.807, 2.05) is 11.3 Å². The molecule has 4 nitrogen and oxygen atoms in total. The van der Waals surface area contributed by atoms with Crippen LogP contribution in [-0.4, -0.2) is 56.1 Å². The Morgan fingerprint density at radius 3 is 2.79 bits per heavy atom. The third kappa shape index (κ3) is 4.02. The van der Waals surface area contributed by atoms with Gasteiger partial charge in [0.25, 0.3) is 0 Å². The molecule has 0 bridgehead atoms. The van der Waals surface area contributed by atoms with E-state index in [0.29, 0.717) is 12.0 Å². The van der Waals surface area contributed by atoms with Crippen molar-refractivity contribution in [2.45, 2.75) is 50.9 Å². The lowest BCUT2D eigenvalue weighted by Crippen LogP contribution is -2.65. The average Bonchev–Trinajstić information content (AvgIpc) is 2.98. The van der Waals surface area contributed by atoms with Gasteiger partial charge >= 0.3 is 0 Å². The monoisotopic (exact) mass is 351 g/mol. The van der Waals surface area contributed by atoms with Crippen molar-refractivity contribution in [2.24, 2.45) is 5.92 Å². The van der Waals surface area contributed by atoms with Crippen LogP contribution >= 0.6 is 11.3 Å². The maximum atomic E-state index is 6.26. The molecule has 1 atom stereocenters. The zero-order valence-electron chi connectivity index (χ0n) is 14.7. The Morgan fingerprint density at radius 1 is 1.21 bits per heavy atom. The van der Waals surface area contributed by atoms with Crippen molar-refractivity contribution in [1.29, 1.82) is 0 Å². The summed E-state index contributed by atoms with van der Waals surface area (Å²) in [7, 11) is 0. The summed E-state index contributed by atoms with van der Waals surface area (Å²) in [5.74, 6) is 0.692. The summed E-state index contributed by atoms with van der Waals surface area (Å²) in [5.41, 5.74) is 0.0604. The first kappa shape index (κ1) is 17.0. The molecule has 4 rings (SSSR count). The van der Waals surface area contributed by atoms with Gasteiger partial charge in [-0.05, 0) is 44.2 Å². The van der Waals surface area contributed by atoms with Gasteiger partial charge in [-0.3, -0.25) is 4.90 Å². The van der Waals surface area contributed by atoms with Crippen LogP contribution in [0.5, 0.6) is 0 Å². The predicted molar refractivity (Wildman–Crippen MR) is 95.5 cm³/mol. The van der Waals surface area contributed by atoms with E-state index in [1.54, 1.807) is 0 Å². The standard InChI is InChI=1S/C19H29NO3S/c1-15-2-3-18(24-15)11-20-13-19(14-20)10-17(6-9-23-19)22-12-16-4-7-21-8-5-16/h2-3,16-17H,4-14H2,1H3/t17-/m0/s1. The largest absolute Gasteiger partial charge is 0.381 e. The fourth-order valence-corrected chi connectivity index (χ4v) is 5.13. The van der Waals surface area contributed by atoms with Crippen LogP contribution < -0.4 is 0 Å². The quantitative estimate of drug-likeness (QED) is 0.815. The molecule has 24 heavy (non-hydrogen) atoms. The van der Waals surface area contributed by atoms with Crippen LogP contribution in [0, 0.1) is 12.8 Å². The van der Waals surface area contributed by atoms with E-state index in [0.717, 1.165) is 71.7 Å². The topological polar surface area (TPSA) is 30.9 Å². The number of nitrogens with zero attached hydrogens (tertiary/aromatic N) is 1. The van der Waals surface area contributed by atoms with Gasteiger partial charge in [0, 0.05) is 62.2 Å². The summed E-state index contributed by atoms with van der Waals surface area (Å²) in [4.78, 5) is 5.37. The van der Waals surface area contributed by atoms with E-state index < -0.39 is 0 Å². The second-order valence-corrected chi connectivity index (χ2v) is 9.07. The van der Waals surface area contributed by atoms with Gasteiger partial charge in [0.05, 0.1) is 11.7 Å². The number of aryl methyl sites for hydroxylation is 1. The van der Waals surface area contributed by atoms with E-state index >= 15 is 0 Å². The predicted octanol–water partition coefficient (Wildman–Crippen LogP) is 3.23. The van der Waals surface area contributed by atoms with E-state index in [-0.39, 0.29) is 5.60 Å². The van der Waals surface area contributed by atoms with Crippen LogP contribution in [0.4, 0.5) is 0 Å². The minimum Gasteiger partial charge on any atom is -0.381 e. The molecule has 5 heteroatoms. The van der Waals surface area contributed by atoms with E-state index in [4.69, 9.17) is 14.2 Å². The fraction of sp³-hybridized carbons (Fsp3) is 0.789. The van der Waals surface area contributed by atoms with E-state index in [1.165, 1.54) is 9.75 Å². The highest BCUT2D eigenvalue weighted by Crippen LogP contribution is 2.37. The minimum atomic E-state index is 0.0604. The first-order chi connectivity index (χ1) is 11.7. The molecule has 0 aliphatic carbocycles. The summed E-state index contributed by atoms with van der Waals surface area (Å²) in [6.45, 7) is 8.92. The van der Waals surface area contributed by atoms with Crippen LogP contribution in [0.15, 0.2) is 12.1 Å². The smallest absolute Gasteiger partial charge is 0.0959 e. The van der Waals surface area contributed by atoms with Gasteiger partial charge in [-0.2, -0.15) is 0 Å². The Bertz CT molecular complexity index is 534. The summed E-state index contributed by atoms with van der Waals surface area (Å²) in [5, 5.41) is 0. The second-order valence-electron chi connectivity index (χ2n) is 7.69. The summed E-state index contributed by atoms with van der Waals surface area (Å²) >= 11 is 1.91. The lowest BCUT2D eigenvalue weighted by atomic mass is 9.84. The molecule has 3 aliphatic rings. The highest BCUT2D eigenvalue weighted by atomic mass is 32.1. The van der Waals surface area contributed by atoms with Gasteiger partial charge < -0.3 is 14.2 Å². The van der Waals surface area contributed by atoms with Crippen molar-refractivity contribution >= 4 is 11.3 Å². The lowest BCUT2D eigenvalue weighted by molar-refractivity contribution is -0.201. The van der Waals surface area contributed by atoms with Crippen LogP contribution in [0.25, 0.3) is 0 Å². The zero-order chi connectivity index (χ0) is 16.4. The Morgan fingerprint density at radius 2 is 2.04 bits per heavy atom. The van der Waals surface area contributed by atoms with Crippen molar-refractivity contribution in [2.75, 3.05) is 39.5 Å². The molecule has 0 radical (unpaired) electrons. The number of thiophene rings is 1. The molecule has 4 heterocycles. The van der Waals surface area contributed by atoms with Crippen LogP contribution in [0.2, 0.25) is 0 Å². The van der Waals surface area contributed by atoms with Crippen molar-refractivity contribution in [3.63, 3.8) is 0 Å². The Balaban J connectivity index is 1.22. The highest BCUT2D eigenvalue weighted by molar-refractivity contribution is 7.11. The Labute approximate surface area is 149 Å². The first-order valence-electron chi connectivity index (χ1n) is 9.32. The van der Waals surface area contributed by atoms with Gasteiger partial charge in [-0.25, -0.2) is 0 Å². The number of rotatable bonds is 5. The first-order valence-corrected chi connectivity index (χ1v) is 10.1. The van der Waals surface area contributed by atoms with E-state index in [2.05, 4.69) is 24.0 Å². The molecular weight excluding hydrogens is 322 g/mol. The Hall–Kier alpha value is -0.460. The number of hydrogen-bond donors (Lipinski definition) is 0. The van der Waals surface area contributed by atoms with Gasteiger partial charge in [0.15, 0.2) is 0 Å². The van der Waals surface area contributed by atoms with Crippen LogP contribution in [-0.2, 0) is 20.8 Å². The van der Waals surface area contributed by atoms with Gasteiger partial charge in [0.1, 0.15) is 0 Å². The number of hydrogen-bond acceptors (Lipinski definition) is 5. The fourth-order valence-electron chi connectivity index (χ4n) is 4.20. The summed E-state index contributed by atoms with van der Waals surface area (Å²) in [6.07, 6.45) is 4.81. The van der Waals surface area contributed by atoms with Gasteiger partial charge in [-0.1, -0.05) is 0 Å². The number of likely N-dealkylation sites (tertiary alicyclic amines) is 1.